The van der Waals surface area contributed by atoms with Crippen LogP contribution in [0.1, 0.15) is 31.9 Å². The van der Waals surface area contributed by atoms with Crippen molar-refractivity contribution in [1.82, 2.24) is 15.0 Å². The summed E-state index contributed by atoms with van der Waals surface area (Å²) in [5, 5.41) is 7.77. The smallest absolute Gasteiger partial charge is 0.0722 e. The predicted octanol–water partition coefficient (Wildman–Crippen LogP) is 1.78. The van der Waals surface area contributed by atoms with Gasteiger partial charge in [-0.2, -0.15) is 0 Å². The van der Waals surface area contributed by atoms with Gasteiger partial charge in [-0.15, -0.1) is 5.10 Å². The standard InChI is InChI=1S/C8H15N3/c1-3-4-5-6-11-8(2)7-9-10-11/h7H,3-6H2,1-2H3. The topological polar surface area (TPSA) is 30.7 Å². The maximum Gasteiger partial charge on any atom is 0.0722 e. The Morgan fingerprint density at radius 3 is 2.82 bits per heavy atom. The Morgan fingerprint density at radius 2 is 2.27 bits per heavy atom. The molecule has 0 bridgehead atoms. The molecule has 1 aromatic rings. The van der Waals surface area contributed by atoms with Gasteiger partial charge in [0.1, 0.15) is 0 Å². The van der Waals surface area contributed by atoms with Crippen molar-refractivity contribution in [3.8, 4) is 0 Å². The average molecular weight is 153 g/mol. The highest BCUT2D eigenvalue weighted by Gasteiger charge is 1.95. The summed E-state index contributed by atoms with van der Waals surface area (Å²) in [5.74, 6) is 0. The first-order valence-electron chi connectivity index (χ1n) is 4.19. The highest BCUT2D eigenvalue weighted by Crippen LogP contribution is 1.99. The van der Waals surface area contributed by atoms with Gasteiger partial charge in [0, 0.05) is 6.54 Å². The lowest BCUT2D eigenvalue weighted by atomic mass is 10.2. The minimum atomic E-state index is 1.01. The summed E-state index contributed by atoms with van der Waals surface area (Å²) in [4.78, 5) is 0. The molecule has 0 N–H and O–H groups in total. The van der Waals surface area contributed by atoms with E-state index in [9.17, 15) is 0 Å². The number of hydrogen-bond donors (Lipinski definition) is 0. The molecule has 62 valence electrons. The Hall–Kier alpha value is -0.860. The molecule has 3 heteroatoms. The summed E-state index contributed by atoms with van der Waals surface area (Å²) in [6.07, 6.45) is 5.54. The molecule has 0 fully saturated rings. The van der Waals surface area contributed by atoms with Gasteiger partial charge in [-0.1, -0.05) is 25.0 Å². The molecule has 0 saturated heterocycles. The van der Waals surface area contributed by atoms with Gasteiger partial charge in [-0.25, -0.2) is 4.68 Å². The van der Waals surface area contributed by atoms with E-state index in [1.807, 2.05) is 11.6 Å². The predicted molar refractivity (Wildman–Crippen MR) is 44.3 cm³/mol. The van der Waals surface area contributed by atoms with Gasteiger partial charge in [0.15, 0.2) is 0 Å². The summed E-state index contributed by atoms with van der Waals surface area (Å²) < 4.78 is 1.95. The van der Waals surface area contributed by atoms with E-state index in [1.54, 1.807) is 6.20 Å². The van der Waals surface area contributed by atoms with Crippen LogP contribution in [0, 0.1) is 6.92 Å². The van der Waals surface area contributed by atoms with Crippen LogP contribution in [0.25, 0.3) is 0 Å². The van der Waals surface area contributed by atoms with Crippen molar-refractivity contribution in [2.75, 3.05) is 0 Å². The second-order valence-corrected chi connectivity index (χ2v) is 2.81. The number of aromatic nitrogens is 3. The van der Waals surface area contributed by atoms with Crippen molar-refractivity contribution in [2.24, 2.45) is 0 Å². The van der Waals surface area contributed by atoms with E-state index in [0.29, 0.717) is 0 Å². The van der Waals surface area contributed by atoms with E-state index in [0.717, 1.165) is 12.2 Å². The van der Waals surface area contributed by atoms with Crippen molar-refractivity contribution in [3.63, 3.8) is 0 Å². The Morgan fingerprint density at radius 1 is 1.45 bits per heavy atom. The molecule has 0 amide bonds. The maximum atomic E-state index is 3.95. The van der Waals surface area contributed by atoms with Crippen LogP contribution in [-0.2, 0) is 6.54 Å². The van der Waals surface area contributed by atoms with Gasteiger partial charge in [0.2, 0.25) is 0 Å². The quantitative estimate of drug-likeness (QED) is 0.617. The lowest BCUT2D eigenvalue weighted by Crippen LogP contribution is -2.02. The largest absolute Gasteiger partial charge is 0.250 e. The Labute approximate surface area is 67.4 Å². The molecular weight excluding hydrogens is 138 g/mol. The zero-order valence-corrected chi connectivity index (χ0v) is 7.25. The molecule has 0 unspecified atom stereocenters. The molecule has 0 aliphatic rings. The molecule has 1 rings (SSSR count). The van der Waals surface area contributed by atoms with Crippen molar-refractivity contribution in [3.05, 3.63) is 11.9 Å². The fourth-order valence-electron chi connectivity index (χ4n) is 1.04. The molecule has 0 aliphatic carbocycles. The van der Waals surface area contributed by atoms with E-state index in [-0.39, 0.29) is 0 Å². The van der Waals surface area contributed by atoms with Crippen LogP contribution >= 0.6 is 0 Å². The number of hydrogen-bond acceptors (Lipinski definition) is 2. The zero-order valence-electron chi connectivity index (χ0n) is 7.25. The number of nitrogens with zero attached hydrogens (tertiary/aromatic N) is 3. The lowest BCUT2D eigenvalue weighted by Gasteiger charge is -2.00. The minimum absolute atomic E-state index is 1.01. The Bertz CT molecular complexity index is 205. The van der Waals surface area contributed by atoms with Gasteiger partial charge < -0.3 is 0 Å². The van der Waals surface area contributed by atoms with Crippen LogP contribution < -0.4 is 0 Å². The summed E-state index contributed by atoms with van der Waals surface area (Å²) in [5.41, 5.74) is 1.15. The van der Waals surface area contributed by atoms with Crippen LogP contribution in [0.4, 0.5) is 0 Å². The lowest BCUT2D eigenvalue weighted by molar-refractivity contribution is 0.527. The highest BCUT2D eigenvalue weighted by molar-refractivity contribution is 4.87. The van der Waals surface area contributed by atoms with Gasteiger partial charge in [0.25, 0.3) is 0 Å². The van der Waals surface area contributed by atoms with E-state index in [2.05, 4.69) is 17.2 Å². The fraction of sp³-hybridized carbons (Fsp3) is 0.750. The molecule has 3 nitrogen and oxygen atoms in total. The molecule has 1 aromatic heterocycles. The van der Waals surface area contributed by atoms with Gasteiger partial charge in [-0.05, 0) is 13.3 Å². The van der Waals surface area contributed by atoms with Gasteiger partial charge >= 0.3 is 0 Å². The van der Waals surface area contributed by atoms with E-state index in [1.165, 1.54) is 19.3 Å². The monoisotopic (exact) mass is 153 g/mol. The van der Waals surface area contributed by atoms with Gasteiger partial charge in [0.05, 0.1) is 11.9 Å². The molecule has 11 heavy (non-hydrogen) atoms. The molecule has 0 saturated carbocycles. The highest BCUT2D eigenvalue weighted by atomic mass is 15.4. The van der Waals surface area contributed by atoms with E-state index >= 15 is 0 Å². The zero-order chi connectivity index (χ0) is 8.10. The van der Waals surface area contributed by atoms with Crippen LogP contribution in [0.2, 0.25) is 0 Å². The minimum Gasteiger partial charge on any atom is -0.250 e. The van der Waals surface area contributed by atoms with Crippen LogP contribution in [0.3, 0.4) is 0 Å². The SMILES string of the molecule is CCCCCn1nncc1C. The first kappa shape index (κ1) is 8.24. The summed E-state index contributed by atoms with van der Waals surface area (Å²) >= 11 is 0. The van der Waals surface area contributed by atoms with Crippen molar-refractivity contribution < 1.29 is 0 Å². The van der Waals surface area contributed by atoms with E-state index in [4.69, 9.17) is 0 Å². The molecule has 0 aliphatic heterocycles. The first-order valence-corrected chi connectivity index (χ1v) is 4.19. The molecule has 0 aromatic carbocycles. The number of unbranched alkanes of at least 4 members (excludes halogenated alkanes) is 2. The third kappa shape index (κ3) is 2.33. The van der Waals surface area contributed by atoms with Crippen molar-refractivity contribution in [2.45, 2.75) is 39.7 Å². The van der Waals surface area contributed by atoms with E-state index < -0.39 is 0 Å². The van der Waals surface area contributed by atoms with Crippen molar-refractivity contribution in [1.29, 1.82) is 0 Å². The van der Waals surface area contributed by atoms with Crippen LogP contribution in [-0.4, -0.2) is 15.0 Å². The first-order chi connectivity index (χ1) is 5.34. The third-order valence-corrected chi connectivity index (χ3v) is 1.78. The summed E-state index contributed by atoms with van der Waals surface area (Å²) in [6.45, 7) is 5.25. The van der Waals surface area contributed by atoms with Crippen LogP contribution in [0.5, 0.6) is 0 Å². The fourth-order valence-corrected chi connectivity index (χ4v) is 1.04. The average Bonchev–Trinajstić information content (AvgIpc) is 2.37. The molecule has 0 radical (unpaired) electrons. The summed E-state index contributed by atoms with van der Waals surface area (Å²) in [7, 11) is 0. The molecule has 1 heterocycles. The second-order valence-electron chi connectivity index (χ2n) is 2.81. The number of aryl methyl sites for hydroxylation is 2. The molecule has 0 atom stereocenters. The van der Waals surface area contributed by atoms with Crippen molar-refractivity contribution >= 4 is 0 Å². The normalized spacial score (nSPS) is 10.4. The van der Waals surface area contributed by atoms with Crippen LogP contribution in [0.15, 0.2) is 6.20 Å². The Balaban J connectivity index is 2.32. The second kappa shape index (κ2) is 4.11. The maximum absolute atomic E-state index is 3.95. The third-order valence-electron chi connectivity index (χ3n) is 1.78. The molecule has 0 spiro atoms. The van der Waals surface area contributed by atoms with Gasteiger partial charge in [-0.3, -0.25) is 0 Å². The molecular formula is C8H15N3. The number of rotatable bonds is 4. The summed E-state index contributed by atoms with van der Waals surface area (Å²) in [6, 6.07) is 0. The Kier molecular flexibility index (Phi) is 3.08.